The highest BCUT2D eigenvalue weighted by Crippen LogP contribution is 2.24. The molecular formula is C16H22N4. The first-order valence-electron chi connectivity index (χ1n) is 7.43. The van der Waals surface area contributed by atoms with Crippen LogP contribution in [0, 0.1) is 11.3 Å². The van der Waals surface area contributed by atoms with E-state index in [1.165, 1.54) is 19.4 Å². The van der Waals surface area contributed by atoms with E-state index in [4.69, 9.17) is 5.73 Å². The molecule has 3 rings (SSSR count). The van der Waals surface area contributed by atoms with Crippen molar-refractivity contribution in [2.24, 2.45) is 5.73 Å². The van der Waals surface area contributed by atoms with Crippen LogP contribution in [0.15, 0.2) is 30.3 Å². The molecule has 2 saturated heterocycles. The molecule has 106 valence electrons. The van der Waals surface area contributed by atoms with Crippen LogP contribution in [0.1, 0.15) is 18.4 Å². The number of nitrogens with two attached hydrogens (primary N) is 1. The van der Waals surface area contributed by atoms with Crippen molar-refractivity contribution >= 4 is 0 Å². The van der Waals surface area contributed by atoms with Crippen LogP contribution < -0.4 is 5.73 Å². The molecule has 2 aliphatic heterocycles. The van der Waals surface area contributed by atoms with Crippen LogP contribution in [0.4, 0.5) is 0 Å². The summed E-state index contributed by atoms with van der Waals surface area (Å²) in [6.07, 6.45) is 2.59. The molecule has 2 N–H and O–H groups in total. The van der Waals surface area contributed by atoms with Crippen molar-refractivity contribution in [3.05, 3.63) is 35.9 Å². The Hall–Kier alpha value is -1.41. The Morgan fingerprint density at radius 1 is 1.25 bits per heavy atom. The third-order valence-electron chi connectivity index (χ3n) is 4.63. The zero-order chi connectivity index (χ0) is 14.0. The maximum atomic E-state index is 9.54. The predicted octanol–water partition coefficient (Wildman–Crippen LogP) is 1.14. The molecule has 0 aromatic heterocycles. The first-order chi connectivity index (χ1) is 9.71. The third-order valence-corrected chi connectivity index (χ3v) is 4.63. The molecule has 0 saturated carbocycles. The van der Waals surface area contributed by atoms with E-state index >= 15 is 0 Å². The average molecular weight is 270 g/mol. The fourth-order valence-electron chi connectivity index (χ4n) is 3.48. The second-order valence-electron chi connectivity index (χ2n) is 6.02. The molecule has 2 aliphatic rings. The number of benzene rings is 1. The molecule has 2 fully saturated rings. The van der Waals surface area contributed by atoms with Gasteiger partial charge in [-0.05, 0) is 24.9 Å². The van der Waals surface area contributed by atoms with E-state index in [-0.39, 0.29) is 0 Å². The number of nitrogens with zero attached hydrogens (tertiary/aromatic N) is 3. The summed E-state index contributed by atoms with van der Waals surface area (Å²) in [6.45, 7) is 5.04. The number of nitriles is 1. The zero-order valence-electron chi connectivity index (χ0n) is 11.8. The lowest BCUT2D eigenvalue weighted by molar-refractivity contribution is 0.0928. The Morgan fingerprint density at radius 2 is 2.05 bits per heavy atom. The molecule has 2 atom stereocenters. The van der Waals surface area contributed by atoms with Gasteiger partial charge in [0.2, 0.25) is 0 Å². The van der Waals surface area contributed by atoms with Gasteiger partial charge >= 0.3 is 0 Å². The summed E-state index contributed by atoms with van der Waals surface area (Å²) in [6, 6.07) is 12.8. The standard InChI is InChI=1S/C16H22N4/c17-12-16(18,14-5-2-1-3-6-14)13-19-9-10-20-8-4-7-15(20)11-19/h1-3,5-6,15H,4,7-11,13,18H2. The van der Waals surface area contributed by atoms with Gasteiger partial charge in [-0.3, -0.25) is 9.80 Å². The van der Waals surface area contributed by atoms with E-state index in [1.807, 2.05) is 30.3 Å². The summed E-state index contributed by atoms with van der Waals surface area (Å²) >= 11 is 0. The second-order valence-corrected chi connectivity index (χ2v) is 6.02. The van der Waals surface area contributed by atoms with Crippen molar-refractivity contribution in [2.45, 2.75) is 24.4 Å². The molecular weight excluding hydrogens is 248 g/mol. The van der Waals surface area contributed by atoms with Gasteiger partial charge in [-0.25, -0.2) is 0 Å². The largest absolute Gasteiger partial charge is 0.309 e. The number of rotatable bonds is 3. The first-order valence-corrected chi connectivity index (χ1v) is 7.43. The van der Waals surface area contributed by atoms with Crippen molar-refractivity contribution in [1.82, 2.24) is 9.80 Å². The molecule has 20 heavy (non-hydrogen) atoms. The van der Waals surface area contributed by atoms with E-state index in [1.54, 1.807) is 0 Å². The molecule has 1 aromatic carbocycles. The van der Waals surface area contributed by atoms with E-state index in [9.17, 15) is 5.26 Å². The lowest BCUT2D eigenvalue weighted by atomic mass is 9.91. The normalized spacial score (nSPS) is 26.7. The van der Waals surface area contributed by atoms with Gasteiger partial charge in [0.25, 0.3) is 0 Å². The van der Waals surface area contributed by atoms with Gasteiger partial charge in [-0.1, -0.05) is 30.3 Å². The van der Waals surface area contributed by atoms with Gasteiger partial charge < -0.3 is 5.73 Å². The van der Waals surface area contributed by atoms with Crippen LogP contribution in [-0.2, 0) is 5.54 Å². The molecule has 0 spiro atoms. The van der Waals surface area contributed by atoms with E-state index in [0.717, 1.165) is 25.2 Å². The molecule has 0 radical (unpaired) electrons. The van der Waals surface area contributed by atoms with Crippen LogP contribution in [0.5, 0.6) is 0 Å². The number of piperazine rings is 1. The number of fused-ring (bicyclic) bond motifs is 1. The van der Waals surface area contributed by atoms with Gasteiger partial charge in [-0.2, -0.15) is 5.26 Å². The lowest BCUT2D eigenvalue weighted by Gasteiger charge is -2.40. The maximum absolute atomic E-state index is 9.54. The fraction of sp³-hybridized carbons (Fsp3) is 0.562. The monoisotopic (exact) mass is 270 g/mol. The quantitative estimate of drug-likeness (QED) is 0.895. The lowest BCUT2D eigenvalue weighted by Crippen LogP contribution is -2.55. The third kappa shape index (κ3) is 2.57. The van der Waals surface area contributed by atoms with E-state index < -0.39 is 5.54 Å². The predicted molar refractivity (Wildman–Crippen MR) is 79.0 cm³/mol. The highest BCUT2D eigenvalue weighted by molar-refractivity contribution is 5.31. The molecule has 0 aliphatic carbocycles. The molecule has 4 heteroatoms. The van der Waals surface area contributed by atoms with Crippen LogP contribution in [0.2, 0.25) is 0 Å². The van der Waals surface area contributed by atoms with Crippen molar-refractivity contribution in [1.29, 1.82) is 5.26 Å². The van der Waals surface area contributed by atoms with Gasteiger partial charge in [0.15, 0.2) is 0 Å². The number of hydrogen-bond acceptors (Lipinski definition) is 4. The first kappa shape index (κ1) is 13.6. The minimum Gasteiger partial charge on any atom is -0.309 e. The van der Waals surface area contributed by atoms with E-state index in [0.29, 0.717) is 12.6 Å². The van der Waals surface area contributed by atoms with Gasteiger partial charge in [0, 0.05) is 32.2 Å². The Kier molecular flexibility index (Phi) is 3.75. The van der Waals surface area contributed by atoms with Crippen LogP contribution >= 0.6 is 0 Å². The second kappa shape index (κ2) is 5.53. The summed E-state index contributed by atoms with van der Waals surface area (Å²) in [4.78, 5) is 4.94. The number of hydrogen-bond donors (Lipinski definition) is 1. The maximum Gasteiger partial charge on any atom is 0.142 e. The molecule has 2 unspecified atom stereocenters. The van der Waals surface area contributed by atoms with Crippen LogP contribution in [0.25, 0.3) is 0 Å². The highest BCUT2D eigenvalue weighted by Gasteiger charge is 2.35. The Labute approximate surface area is 120 Å². The summed E-state index contributed by atoms with van der Waals surface area (Å²) in [7, 11) is 0. The highest BCUT2D eigenvalue weighted by atomic mass is 15.3. The van der Waals surface area contributed by atoms with Crippen molar-refractivity contribution in [2.75, 3.05) is 32.7 Å². The van der Waals surface area contributed by atoms with E-state index in [2.05, 4.69) is 15.9 Å². The Balaban J connectivity index is 1.71. The summed E-state index contributed by atoms with van der Waals surface area (Å²) in [5, 5.41) is 9.54. The van der Waals surface area contributed by atoms with Crippen molar-refractivity contribution in [3.8, 4) is 6.07 Å². The van der Waals surface area contributed by atoms with Crippen LogP contribution in [-0.4, -0.2) is 48.6 Å². The topological polar surface area (TPSA) is 56.3 Å². The summed E-state index contributed by atoms with van der Waals surface area (Å²) < 4.78 is 0. The fourth-order valence-corrected chi connectivity index (χ4v) is 3.48. The van der Waals surface area contributed by atoms with Gasteiger partial charge in [0.05, 0.1) is 6.07 Å². The van der Waals surface area contributed by atoms with Gasteiger partial charge in [0.1, 0.15) is 5.54 Å². The summed E-state index contributed by atoms with van der Waals surface area (Å²) in [5.74, 6) is 0. The molecule has 0 amide bonds. The van der Waals surface area contributed by atoms with Gasteiger partial charge in [-0.15, -0.1) is 0 Å². The molecule has 1 aromatic rings. The minimum absolute atomic E-state index is 0.623. The smallest absolute Gasteiger partial charge is 0.142 e. The summed E-state index contributed by atoms with van der Waals surface area (Å²) in [5.41, 5.74) is 6.38. The Morgan fingerprint density at radius 3 is 2.80 bits per heavy atom. The molecule has 2 heterocycles. The molecule has 4 nitrogen and oxygen atoms in total. The van der Waals surface area contributed by atoms with Crippen molar-refractivity contribution < 1.29 is 0 Å². The zero-order valence-corrected chi connectivity index (χ0v) is 11.8. The average Bonchev–Trinajstić information content (AvgIpc) is 2.95. The minimum atomic E-state index is -0.901. The van der Waals surface area contributed by atoms with Crippen molar-refractivity contribution in [3.63, 3.8) is 0 Å². The Bertz CT molecular complexity index is 495. The molecule has 0 bridgehead atoms. The van der Waals surface area contributed by atoms with Crippen LogP contribution in [0.3, 0.4) is 0 Å². The SMILES string of the molecule is N#CC(N)(CN1CCN2CCCC2C1)c1ccccc1.